The summed E-state index contributed by atoms with van der Waals surface area (Å²) in [5, 5.41) is 21.5. The number of hydrogen-bond acceptors (Lipinski definition) is 3. The first-order valence-corrected chi connectivity index (χ1v) is 1.82. The normalized spacial score (nSPS) is 6.80. The summed E-state index contributed by atoms with van der Waals surface area (Å²) >= 11 is 0. The molecule has 7 nitrogen and oxygen atoms in total. The van der Waals surface area contributed by atoms with Crippen molar-refractivity contribution in [3.8, 4) is 0 Å². The van der Waals surface area contributed by atoms with Gasteiger partial charge >= 0.3 is 18.0 Å². The smallest absolute Gasteiger partial charge is 0.474 e. The van der Waals surface area contributed by atoms with Gasteiger partial charge in [0.1, 0.15) is 0 Å². The molecule has 0 bridgehead atoms. The molecule has 0 rings (SSSR count). The molecule has 0 aliphatic heterocycles. The van der Waals surface area contributed by atoms with E-state index in [-0.39, 0.29) is 0 Å². The average molecular weight is 151 g/mol. The molecule has 7 heteroatoms. The first kappa shape index (κ1) is 11.1. The molecule has 0 spiro atoms. The zero-order valence-electron chi connectivity index (χ0n) is 4.64. The maximum Gasteiger partial charge on any atom is 0.503 e. The highest BCUT2D eigenvalue weighted by atomic mass is 16.6. The van der Waals surface area contributed by atoms with Crippen LogP contribution in [0.2, 0.25) is 0 Å². The van der Waals surface area contributed by atoms with Crippen molar-refractivity contribution >= 4 is 18.0 Å². The molecule has 0 aliphatic rings. The fourth-order valence-electron chi connectivity index (χ4n) is 0. The third-order valence-corrected chi connectivity index (χ3v) is 0.211. The molecule has 0 aliphatic carbocycles. The number of carboxylic acids is 1. The summed E-state index contributed by atoms with van der Waals surface area (Å²) in [5.74, 6) is -2.93. The zero-order valence-corrected chi connectivity index (χ0v) is 4.64. The van der Waals surface area contributed by atoms with Crippen molar-refractivity contribution in [2.45, 2.75) is 0 Å². The van der Waals surface area contributed by atoms with Crippen LogP contribution in [-0.4, -0.2) is 33.4 Å². The lowest BCUT2D eigenvalue weighted by molar-refractivity contribution is -0.148. The Bertz CT molecular complexity index is 135. The maximum absolute atomic E-state index is 9.32. The fraction of sp³-hybridized carbons (Fsp3) is 0. The van der Waals surface area contributed by atoms with Gasteiger partial charge in [0.25, 0.3) is 0 Å². The van der Waals surface area contributed by atoms with E-state index in [2.05, 4.69) is 5.73 Å². The lowest BCUT2D eigenvalue weighted by Gasteiger charge is -1.74. The van der Waals surface area contributed by atoms with Crippen LogP contribution < -0.4 is 5.73 Å². The Morgan fingerprint density at radius 3 is 1.10 bits per heavy atom. The monoisotopic (exact) mass is 151 g/mol. The Balaban J connectivity index is 0. The van der Waals surface area contributed by atoms with E-state index in [1.54, 1.807) is 0 Å². The molecule has 0 heterocycles. The molecule has 0 fully saturated rings. The van der Waals surface area contributed by atoms with Crippen LogP contribution in [0.5, 0.6) is 0 Å². The van der Waals surface area contributed by atoms with E-state index < -0.39 is 18.0 Å². The van der Waals surface area contributed by atoms with Crippen LogP contribution in [0.25, 0.3) is 0 Å². The van der Waals surface area contributed by atoms with Gasteiger partial charge in [-0.25, -0.2) is 9.59 Å². The minimum Gasteiger partial charge on any atom is -0.474 e. The van der Waals surface area contributed by atoms with Gasteiger partial charge in [-0.1, -0.05) is 0 Å². The topological polar surface area (TPSA) is 138 Å². The Morgan fingerprint density at radius 2 is 1.10 bits per heavy atom. The molecule has 0 aromatic rings. The average Bonchev–Trinajstić information content (AvgIpc) is 1.63. The number of carboxylic acid groups (broad SMARTS) is 3. The third kappa shape index (κ3) is 34.5. The number of aliphatic carboxylic acids is 1. The van der Waals surface area contributed by atoms with Crippen molar-refractivity contribution in [1.29, 1.82) is 0 Å². The minimum absolute atomic E-state index is 1.32. The first-order valence-electron chi connectivity index (χ1n) is 1.82. The molecule has 0 aromatic carbocycles. The van der Waals surface area contributed by atoms with Crippen LogP contribution in [0.15, 0.2) is 0 Å². The van der Waals surface area contributed by atoms with E-state index in [4.69, 9.17) is 20.1 Å². The number of nitrogens with two attached hydrogens (primary N) is 1. The van der Waals surface area contributed by atoms with Crippen LogP contribution in [-0.2, 0) is 9.59 Å². The third-order valence-electron chi connectivity index (χ3n) is 0.211. The molecule has 0 aromatic heterocycles. The highest BCUT2D eigenvalue weighted by Gasteiger charge is 2.00. The second-order valence-corrected chi connectivity index (χ2v) is 0.952. The summed E-state index contributed by atoms with van der Waals surface area (Å²) in [4.78, 5) is 27.1. The number of rotatable bonds is 0. The summed E-state index contributed by atoms with van der Waals surface area (Å²) in [6.45, 7) is 0. The number of hydrogen-bond donors (Lipinski definition) is 4. The summed E-state index contributed by atoms with van der Waals surface area (Å²) in [7, 11) is 0. The number of carbonyl (C=O) groups excluding carboxylic acids is 1. The van der Waals surface area contributed by atoms with Gasteiger partial charge < -0.3 is 21.1 Å². The zero-order chi connectivity index (χ0) is 8.73. The van der Waals surface area contributed by atoms with Gasteiger partial charge in [-0.15, -0.1) is 0 Å². The predicted octanol–water partition coefficient (Wildman–Crippen LogP) is -1.22. The first-order chi connectivity index (χ1) is 4.37. The van der Waals surface area contributed by atoms with Crippen molar-refractivity contribution in [3.63, 3.8) is 0 Å². The SMILES string of the molecule is NC(=O)C(=O)O.O=C(O)O. The standard InChI is InChI=1S/C2H3NO3.CH2O3/c3-1(4)2(5)6;2-1(3)4/h(H2,3,4)(H,5,6);(H2,2,3,4). The highest BCUT2D eigenvalue weighted by Crippen LogP contribution is 1.51. The van der Waals surface area contributed by atoms with Crippen molar-refractivity contribution in [2.75, 3.05) is 0 Å². The summed E-state index contributed by atoms with van der Waals surface area (Å²) < 4.78 is 0. The second-order valence-electron chi connectivity index (χ2n) is 0.952. The van der Waals surface area contributed by atoms with E-state index in [9.17, 15) is 9.59 Å². The Kier molecular flexibility index (Phi) is 5.92. The van der Waals surface area contributed by atoms with Gasteiger partial charge in [0.2, 0.25) is 0 Å². The number of amides is 1. The van der Waals surface area contributed by atoms with E-state index in [1.165, 1.54) is 0 Å². The quantitative estimate of drug-likeness (QED) is 0.320. The number of primary amides is 1. The van der Waals surface area contributed by atoms with Crippen LogP contribution in [0.4, 0.5) is 4.79 Å². The molecule has 0 atom stereocenters. The second kappa shape index (κ2) is 5.35. The molecule has 1 amide bonds. The van der Waals surface area contributed by atoms with Crippen molar-refractivity contribution in [3.05, 3.63) is 0 Å². The van der Waals surface area contributed by atoms with Gasteiger partial charge in [-0.05, 0) is 0 Å². The van der Waals surface area contributed by atoms with Crippen molar-refractivity contribution < 1.29 is 29.7 Å². The van der Waals surface area contributed by atoms with E-state index in [0.29, 0.717) is 0 Å². The number of carbonyl (C=O) groups is 3. The molecule has 0 radical (unpaired) electrons. The predicted molar refractivity (Wildman–Crippen MR) is 27.5 cm³/mol. The molecule has 0 saturated heterocycles. The van der Waals surface area contributed by atoms with Gasteiger partial charge in [-0.3, -0.25) is 4.79 Å². The molecule has 0 unspecified atom stereocenters. The van der Waals surface area contributed by atoms with Crippen LogP contribution in [0.1, 0.15) is 0 Å². The molecular weight excluding hydrogens is 146 g/mol. The highest BCUT2D eigenvalue weighted by molar-refractivity contribution is 6.30. The lowest BCUT2D eigenvalue weighted by Crippen LogP contribution is -2.21. The van der Waals surface area contributed by atoms with E-state index in [1.807, 2.05) is 0 Å². The Hall–Kier alpha value is -1.79. The van der Waals surface area contributed by atoms with Crippen LogP contribution in [0, 0.1) is 0 Å². The van der Waals surface area contributed by atoms with Crippen molar-refractivity contribution in [2.24, 2.45) is 5.73 Å². The largest absolute Gasteiger partial charge is 0.503 e. The molecular formula is C3H5NO6. The summed E-state index contributed by atoms with van der Waals surface area (Å²) in [6, 6.07) is 0. The van der Waals surface area contributed by atoms with Crippen LogP contribution >= 0.6 is 0 Å². The fourth-order valence-corrected chi connectivity index (χ4v) is 0. The van der Waals surface area contributed by atoms with Gasteiger partial charge in [0.15, 0.2) is 0 Å². The summed E-state index contributed by atoms with van der Waals surface area (Å²) in [6.07, 6.45) is -1.83. The van der Waals surface area contributed by atoms with Crippen molar-refractivity contribution in [1.82, 2.24) is 0 Å². The molecule has 10 heavy (non-hydrogen) atoms. The van der Waals surface area contributed by atoms with Gasteiger partial charge in [-0.2, -0.15) is 0 Å². The molecule has 0 saturated carbocycles. The maximum atomic E-state index is 9.32. The van der Waals surface area contributed by atoms with E-state index in [0.717, 1.165) is 0 Å². The van der Waals surface area contributed by atoms with Gasteiger partial charge in [0, 0.05) is 0 Å². The van der Waals surface area contributed by atoms with E-state index >= 15 is 0 Å². The minimum atomic E-state index is -1.83. The Labute approximate surface area is 54.7 Å². The lowest BCUT2D eigenvalue weighted by atomic mass is 10.7. The van der Waals surface area contributed by atoms with Gasteiger partial charge in [0.05, 0.1) is 0 Å². The molecule has 5 N–H and O–H groups in total. The Morgan fingerprint density at radius 1 is 1.00 bits per heavy atom. The molecule has 58 valence electrons. The summed E-state index contributed by atoms with van der Waals surface area (Å²) in [5.41, 5.74) is 4.20. The van der Waals surface area contributed by atoms with Crippen LogP contribution in [0.3, 0.4) is 0 Å².